The number of rotatable bonds is 2. The van der Waals surface area contributed by atoms with Gasteiger partial charge in [0.25, 0.3) is 0 Å². The van der Waals surface area contributed by atoms with Gasteiger partial charge < -0.3 is 5.11 Å². The van der Waals surface area contributed by atoms with Gasteiger partial charge in [-0.1, -0.05) is 39.7 Å². The lowest BCUT2D eigenvalue weighted by molar-refractivity contribution is 0.219. The maximum atomic E-state index is 13.1. The van der Waals surface area contributed by atoms with Crippen molar-refractivity contribution in [2.24, 2.45) is 0 Å². The summed E-state index contributed by atoms with van der Waals surface area (Å²) < 4.78 is 14.1. The van der Waals surface area contributed by atoms with Crippen molar-refractivity contribution >= 4 is 27.5 Å². The van der Waals surface area contributed by atoms with E-state index in [9.17, 15) is 9.50 Å². The zero-order valence-corrected chi connectivity index (χ0v) is 12.9. The summed E-state index contributed by atoms with van der Waals surface area (Å²) >= 11 is 9.20. The second-order valence-corrected chi connectivity index (χ2v) is 5.80. The van der Waals surface area contributed by atoms with E-state index in [0.717, 1.165) is 21.2 Å². The molecule has 0 radical (unpaired) electrons. The molecular formula is C15H13BrClFO. The predicted molar refractivity (Wildman–Crippen MR) is 79.1 cm³/mol. The minimum absolute atomic E-state index is 0.0167. The van der Waals surface area contributed by atoms with Crippen LogP contribution in [0.1, 0.15) is 28.4 Å². The zero-order chi connectivity index (χ0) is 14.2. The molecule has 0 aliphatic rings. The van der Waals surface area contributed by atoms with E-state index in [1.807, 2.05) is 26.0 Å². The van der Waals surface area contributed by atoms with E-state index in [2.05, 4.69) is 15.9 Å². The molecule has 4 heteroatoms. The van der Waals surface area contributed by atoms with Crippen LogP contribution < -0.4 is 0 Å². The largest absolute Gasteiger partial charge is 0.384 e. The van der Waals surface area contributed by atoms with Gasteiger partial charge in [0.2, 0.25) is 0 Å². The van der Waals surface area contributed by atoms with Gasteiger partial charge in [-0.25, -0.2) is 4.39 Å². The number of halogens is 3. The van der Waals surface area contributed by atoms with E-state index >= 15 is 0 Å². The van der Waals surface area contributed by atoms with Gasteiger partial charge in [0, 0.05) is 4.47 Å². The molecule has 0 heterocycles. The van der Waals surface area contributed by atoms with Gasteiger partial charge in [-0.2, -0.15) is 0 Å². The van der Waals surface area contributed by atoms with E-state index < -0.39 is 11.9 Å². The second kappa shape index (κ2) is 5.61. The molecule has 0 saturated heterocycles. The molecular weight excluding hydrogens is 331 g/mol. The third-order valence-electron chi connectivity index (χ3n) is 3.10. The first-order valence-corrected chi connectivity index (χ1v) is 6.97. The highest BCUT2D eigenvalue weighted by Crippen LogP contribution is 2.30. The highest BCUT2D eigenvalue weighted by atomic mass is 79.9. The lowest BCUT2D eigenvalue weighted by Gasteiger charge is -2.16. The molecule has 0 saturated carbocycles. The van der Waals surface area contributed by atoms with Gasteiger partial charge in [-0.05, 0) is 54.3 Å². The molecule has 0 fully saturated rings. The zero-order valence-electron chi connectivity index (χ0n) is 10.5. The Morgan fingerprint density at radius 1 is 1.16 bits per heavy atom. The lowest BCUT2D eigenvalue weighted by Crippen LogP contribution is -2.03. The van der Waals surface area contributed by atoms with Crippen molar-refractivity contribution in [2.75, 3.05) is 0 Å². The summed E-state index contributed by atoms with van der Waals surface area (Å²) in [5.74, 6) is -0.485. The van der Waals surface area contributed by atoms with Crippen LogP contribution in [-0.4, -0.2) is 5.11 Å². The van der Waals surface area contributed by atoms with Gasteiger partial charge in [0.05, 0.1) is 5.02 Å². The molecule has 0 aliphatic carbocycles. The van der Waals surface area contributed by atoms with Crippen LogP contribution in [0.15, 0.2) is 34.8 Å². The fourth-order valence-corrected chi connectivity index (χ4v) is 2.61. The summed E-state index contributed by atoms with van der Waals surface area (Å²) in [6.07, 6.45) is -0.815. The fraction of sp³-hybridized carbons (Fsp3) is 0.200. The Morgan fingerprint density at radius 3 is 2.47 bits per heavy atom. The molecule has 0 aromatic heterocycles. The summed E-state index contributed by atoms with van der Waals surface area (Å²) in [7, 11) is 0. The molecule has 2 aromatic rings. The van der Waals surface area contributed by atoms with Crippen molar-refractivity contribution in [1.82, 2.24) is 0 Å². The van der Waals surface area contributed by atoms with E-state index in [4.69, 9.17) is 11.6 Å². The Balaban J connectivity index is 2.46. The number of aliphatic hydroxyl groups is 1. The Labute approximate surface area is 125 Å². The number of hydrogen-bond donors (Lipinski definition) is 1. The number of benzene rings is 2. The van der Waals surface area contributed by atoms with Gasteiger partial charge >= 0.3 is 0 Å². The first-order valence-electron chi connectivity index (χ1n) is 5.80. The van der Waals surface area contributed by atoms with E-state index in [1.54, 1.807) is 6.07 Å². The minimum atomic E-state index is -0.815. The molecule has 1 nitrogen and oxygen atoms in total. The van der Waals surface area contributed by atoms with Gasteiger partial charge in [0.1, 0.15) is 11.9 Å². The van der Waals surface area contributed by atoms with Gasteiger partial charge in [-0.3, -0.25) is 0 Å². The van der Waals surface area contributed by atoms with Gasteiger partial charge in [0.15, 0.2) is 0 Å². The number of aryl methyl sites for hydroxylation is 2. The molecule has 0 aliphatic heterocycles. The molecule has 0 amide bonds. The van der Waals surface area contributed by atoms with Crippen LogP contribution in [0.2, 0.25) is 5.02 Å². The average molecular weight is 344 g/mol. The van der Waals surface area contributed by atoms with E-state index in [0.29, 0.717) is 5.56 Å². The summed E-state index contributed by atoms with van der Waals surface area (Å²) in [6, 6.07) is 8.14. The standard InChI is InChI=1S/C15H13BrClFO/c1-8-6-12(16)9(2)5-11(8)15(19)10-3-4-14(18)13(17)7-10/h3-7,15,19H,1-2H3. The minimum Gasteiger partial charge on any atom is -0.384 e. The molecule has 1 unspecified atom stereocenters. The second-order valence-electron chi connectivity index (χ2n) is 4.53. The Hall–Kier alpha value is -0.900. The van der Waals surface area contributed by atoms with E-state index in [1.165, 1.54) is 12.1 Å². The molecule has 0 bridgehead atoms. The van der Waals surface area contributed by atoms with Crippen molar-refractivity contribution in [2.45, 2.75) is 20.0 Å². The van der Waals surface area contributed by atoms with Crippen LogP contribution in [0.5, 0.6) is 0 Å². The molecule has 2 rings (SSSR count). The third-order valence-corrected chi connectivity index (χ3v) is 4.25. The normalized spacial score (nSPS) is 12.5. The Morgan fingerprint density at radius 2 is 1.84 bits per heavy atom. The maximum Gasteiger partial charge on any atom is 0.141 e. The number of aliphatic hydroxyl groups excluding tert-OH is 1. The third kappa shape index (κ3) is 2.99. The monoisotopic (exact) mass is 342 g/mol. The molecule has 1 N–H and O–H groups in total. The molecule has 19 heavy (non-hydrogen) atoms. The van der Waals surface area contributed by atoms with E-state index in [-0.39, 0.29) is 5.02 Å². The van der Waals surface area contributed by atoms with Crippen LogP contribution >= 0.6 is 27.5 Å². The highest BCUT2D eigenvalue weighted by Gasteiger charge is 2.15. The summed E-state index contributed by atoms with van der Waals surface area (Å²) in [6.45, 7) is 3.88. The Kier molecular flexibility index (Phi) is 4.29. The van der Waals surface area contributed by atoms with Crippen molar-refractivity contribution in [3.63, 3.8) is 0 Å². The summed E-state index contributed by atoms with van der Waals surface area (Å²) in [5.41, 5.74) is 3.37. The van der Waals surface area contributed by atoms with Crippen molar-refractivity contribution in [1.29, 1.82) is 0 Å². The van der Waals surface area contributed by atoms with Crippen molar-refractivity contribution in [3.8, 4) is 0 Å². The summed E-state index contributed by atoms with van der Waals surface area (Å²) in [5, 5.41) is 10.4. The van der Waals surface area contributed by atoms with Crippen molar-refractivity contribution in [3.05, 3.63) is 67.9 Å². The van der Waals surface area contributed by atoms with Crippen molar-refractivity contribution < 1.29 is 9.50 Å². The Bertz CT molecular complexity index is 628. The molecule has 0 spiro atoms. The molecule has 1 atom stereocenters. The fourth-order valence-electron chi connectivity index (χ4n) is 1.96. The SMILES string of the molecule is Cc1cc(C(O)c2ccc(F)c(Cl)c2)c(C)cc1Br. The maximum absolute atomic E-state index is 13.1. The smallest absolute Gasteiger partial charge is 0.141 e. The topological polar surface area (TPSA) is 20.2 Å². The van der Waals surface area contributed by atoms with Crippen LogP contribution in [-0.2, 0) is 0 Å². The first-order chi connectivity index (χ1) is 8.90. The highest BCUT2D eigenvalue weighted by molar-refractivity contribution is 9.10. The lowest BCUT2D eigenvalue weighted by atomic mass is 9.96. The van der Waals surface area contributed by atoms with Crippen LogP contribution in [0, 0.1) is 19.7 Å². The van der Waals surface area contributed by atoms with Crippen LogP contribution in [0.3, 0.4) is 0 Å². The molecule has 2 aromatic carbocycles. The van der Waals surface area contributed by atoms with Crippen LogP contribution in [0.4, 0.5) is 4.39 Å². The predicted octanol–water partition coefficient (Wildman–Crippen LogP) is 4.94. The number of hydrogen-bond acceptors (Lipinski definition) is 1. The first kappa shape index (κ1) is 14.5. The summed E-state index contributed by atoms with van der Waals surface area (Å²) in [4.78, 5) is 0. The van der Waals surface area contributed by atoms with Crippen LogP contribution in [0.25, 0.3) is 0 Å². The quantitative estimate of drug-likeness (QED) is 0.819. The van der Waals surface area contributed by atoms with Gasteiger partial charge in [-0.15, -0.1) is 0 Å². The molecule has 100 valence electrons. The average Bonchev–Trinajstić information content (AvgIpc) is 2.36.